The Kier molecular flexibility index (Phi) is 7.38. The van der Waals surface area contributed by atoms with Gasteiger partial charge < -0.3 is 9.73 Å². The first-order chi connectivity index (χ1) is 16.9. The zero-order chi connectivity index (χ0) is 24.7. The Morgan fingerprint density at radius 2 is 1.94 bits per heavy atom. The van der Waals surface area contributed by atoms with Crippen LogP contribution >= 0.6 is 0 Å². The molecule has 0 bridgehead atoms. The van der Waals surface area contributed by atoms with E-state index in [-0.39, 0.29) is 27.7 Å². The van der Waals surface area contributed by atoms with Gasteiger partial charge in [0.25, 0.3) is 5.91 Å². The normalized spacial score (nSPS) is 11.0. The molecule has 10 heteroatoms. The number of carbonyl (C=O) groups is 1. The van der Waals surface area contributed by atoms with E-state index in [1.807, 2.05) is 0 Å². The highest BCUT2D eigenvalue weighted by atomic mass is 32.2. The van der Waals surface area contributed by atoms with Crippen LogP contribution in [0.1, 0.15) is 39.2 Å². The quantitative estimate of drug-likeness (QED) is 0.288. The number of aryl methyl sites for hydroxylation is 1. The van der Waals surface area contributed by atoms with Crippen LogP contribution in [0.5, 0.6) is 0 Å². The van der Waals surface area contributed by atoms with Crippen molar-refractivity contribution in [3.63, 3.8) is 0 Å². The molecule has 0 fully saturated rings. The number of aromatic nitrogens is 3. The molecule has 2 aromatic carbocycles. The van der Waals surface area contributed by atoms with Crippen LogP contribution in [0.2, 0.25) is 0 Å². The van der Waals surface area contributed by atoms with Crippen molar-refractivity contribution >= 4 is 15.7 Å². The van der Waals surface area contributed by atoms with Crippen molar-refractivity contribution in [3.8, 4) is 11.8 Å². The summed E-state index contributed by atoms with van der Waals surface area (Å²) in [6.07, 6.45) is 7.47. The van der Waals surface area contributed by atoms with E-state index in [0.29, 0.717) is 18.5 Å². The van der Waals surface area contributed by atoms with E-state index in [1.54, 1.807) is 12.4 Å². The van der Waals surface area contributed by atoms with Gasteiger partial charge in [-0.3, -0.25) is 9.89 Å². The molecule has 2 aromatic heterocycles. The molecule has 2 N–H and O–H groups in total. The zero-order valence-corrected chi connectivity index (χ0v) is 19.3. The molecule has 0 unspecified atom stereocenters. The summed E-state index contributed by atoms with van der Waals surface area (Å²) in [7, 11) is -3.85. The Balaban J connectivity index is 1.57. The average molecular weight is 493 g/mol. The van der Waals surface area contributed by atoms with Gasteiger partial charge in [0.2, 0.25) is 0 Å². The zero-order valence-electron chi connectivity index (χ0n) is 18.5. The third-order valence-corrected chi connectivity index (χ3v) is 6.75. The molecule has 0 saturated heterocycles. The van der Waals surface area contributed by atoms with Crippen molar-refractivity contribution in [1.82, 2.24) is 20.5 Å². The number of nitrogens with zero attached hydrogens (tertiary/aromatic N) is 2. The SMILES string of the molecule is O=C(NCCCc1cn[nH]c1)c1ccc(S(=O)(=O)Cc2cnco2)c(C#Cc2ccc(F)cc2)c1. The lowest BCUT2D eigenvalue weighted by atomic mass is 10.1. The summed E-state index contributed by atoms with van der Waals surface area (Å²) in [5, 5.41) is 9.46. The number of halogens is 1. The Hall–Kier alpha value is -4.23. The Bertz CT molecular complexity index is 1450. The van der Waals surface area contributed by atoms with Crippen LogP contribution < -0.4 is 5.32 Å². The van der Waals surface area contributed by atoms with E-state index in [4.69, 9.17) is 4.42 Å². The fourth-order valence-electron chi connectivity index (χ4n) is 3.30. The standard InChI is InChI=1S/C25H21FN4O4S/c26-22-8-4-18(5-9-22)3-6-20-12-21(25(31)28-11-1-2-19-13-29-30-14-19)7-10-24(20)35(32,33)16-23-15-27-17-34-23/h4-5,7-10,12-15,17H,1-2,11,16H2,(H,28,31)(H,29,30). The van der Waals surface area contributed by atoms with Gasteiger partial charge in [-0.2, -0.15) is 5.10 Å². The van der Waals surface area contributed by atoms with Crippen LogP contribution in [-0.4, -0.2) is 36.1 Å². The minimum atomic E-state index is -3.85. The summed E-state index contributed by atoms with van der Waals surface area (Å²) in [4.78, 5) is 16.4. The number of carbonyl (C=O) groups excluding carboxylic acids is 1. The number of nitrogens with one attached hydrogen (secondary N) is 2. The van der Waals surface area contributed by atoms with Gasteiger partial charge in [-0.25, -0.2) is 17.8 Å². The number of rotatable bonds is 8. The summed E-state index contributed by atoms with van der Waals surface area (Å²) >= 11 is 0. The van der Waals surface area contributed by atoms with Crippen molar-refractivity contribution in [1.29, 1.82) is 0 Å². The third kappa shape index (κ3) is 6.43. The molecule has 0 saturated carbocycles. The van der Waals surface area contributed by atoms with Crippen molar-refractivity contribution in [2.45, 2.75) is 23.5 Å². The van der Waals surface area contributed by atoms with E-state index in [2.05, 4.69) is 32.3 Å². The van der Waals surface area contributed by atoms with Crippen molar-refractivity contribution in [2.24, 2.45) is 0 Å². The maximum absolute atomic E-state index is 13.2. The lowest BCUT2D eigenvalue weighted by Gasteiger charge is -2.09. The van der Waals surface area contributed by atoms with Gasteiger partial charge in [-0.1, -0.05) is 11.8 Å². The van der Waals surface area contributed by atoms with Crippen LogP contribution in [0.25, 0.3) is 0 Å². The predicted octanol–water partition coefficient (Wildman–Crippen LogP) is 3.27. The largest absolute Gasteiger partial charge is 0.447 e. The lowest BCUT2D eigenvalue weighted by molar-refractivity contribution is 0.0953. The fraction of sp³-hybridized carbons (Fsp3) is 0.160. The molecule has 0 aliphatic heterocycles. The lowest BCUT2D eigenvalue weighted by Crippen LogP contribution is -2.25. The molecule has 35 heavy (non-hydrogen) atoms. The molecule has 8 nitrogen and oxygen atoms in total. The minimum Gasteiger partial charge on any atom is -0.447 e. The molecule has 4 rings (SSSR count). The molecule has 0 aliphatic carbocycles. The highest BCUT2D eigenvalue weighted by Gasteiger charge is 2.22. The maximum Gasteiger partial charge on any atom is 0.251 e. The topological polar surface area (TPSA) is 118 Å². The number of oxazole rings is 1. The highest BCUT2D eigenvalue weighted by molar-refractivity contribution is 7.90. The number of hydrogen-bond donors (Lipinski definition) is 2. The van der Waals surface area contributed by atoms with E-state index in [9.17, 15) is 17.6 Å². The summed E-state index contributed by atoms with van der Waals surface area (Å²) in [6, 6.07) is 9.75. The average Bonchev–Trinajstić information content (AvgIpc) is 3.55. The third-order valence-electron chi connectivity index (χ3n) is 5.06. The second-order valence-corrected chi connectivity index (χ2v) is 9.62. The van der Waals surface area contributed by atoms with Crippen LogP contribution in [0.3, 0.4) is 0 Å². The number of sulfone groups is 1. The monoisotopic (exact) mass is 492 g/mol. The van der Waals surface area contributed by atoms with Gasteiger partial charge in [0.15, 0.2) is 16.2 Å². The summed E-state index contributed by atoms with van der Waals surface area (Å²) < 4.78 is 44.4. The number of H-pyrrole nitrogens is 1. The van der Waals surface area contributed by atoms with Gasteiger partial charge in [0.05, 0.1) is 17.3 Å². The summed E-state index contributed by atoms with van der Waals surface area (Å²) in [5.74, 6) is 4.69. The number of benzene rings is 2. The first kappa shape index (κ1) is 23.9. The fourth-order valence-corrected chi connectivity index (χ4v) is 4.70. The van der Waals surface area contributed by atoms with Crippen LogP contribution in [0, 0.1) is 17.7 Å². The van der Waals surface area contributed by atoms with E-state index in [1.165, 1.54) is 48.7 Å². The molecule has 1 amide bonds. The Morgan fingerprint density at radius 1 is 1.11 bits per heavy atom. The van der Waals surface area contributed by atoms with Crippen LogP contribution in [0.4, 0.5) is 4.39 Å². The van der Waals surface area contributed by atoms with Gasteiger partial charge in [0.1, 0.15) is 17.3 Å². The molecule has 0 radical (unpaired) electrons. The Labute approximate surface area is 201 Å². The van der Waals surface area contributed by atoms with Gasteiger partial charge in [-0.05, 0) is 60.9 Å². The molecule has 0 atom stereocenters. The van der Waals surface area contributed by atoms with Gasteiger partial charge >= 0.3 is 0 Å². The second kappa shape index (κ2) is 10.8. The molecular weight excluding hydrogens is 471 g/mol. The molecule has 4 aromatic rings. The highest BCUT2D eigenvalue weighted by Crippen LogP contribution is 2.22. The number of hydrogen-bond acceptors (Lipinski definition) is 6. The first-order valence-corrected chi connectivity index (χ1v) is 12.3. The number of amides is 1. The summed E-state index contributed by atoms with van der Waals surface area (Å²) in [6.45, 7) is 0.437. The van der Waals surface area contributed by atoms with Crippen molar-refractivity contribution in [2.75, 3.05) is 6.54 Å². The van der Waals surface area contributed by atoms with Crippen LogP contribution in [-0.2, 0) is 22.0 Å². The molecule has 0 spiro atoms. The van der Waals surface area contributed by atoms with E-state index >= 15 is 0 Å². The molecule has 2 heterocycles. The first-order valence-electron chi connectivity index (χ1n) is 10.7. The van der Waals surface area contributed by atoms with E-state index < -0.39 is 21.4 Å². The minimum absolute atomic E-state index is 0.0416. The smallest absolute Gasteiger partial charge is 0.251 e. The van der Waals surface area contributed by atoms with Crippen molar-refractivity contribution in [3.05, 3.63) is 101 Å². The number of aromatic amines is 1. The molecule has 178 valence electrons. The maximum atomic E-state index is 13.2. The van der Waals surface area contributed by atoms with Crippen LogP contribution in [0.15, 0.2) is 76.8 Å². The van der Waals surface area contributed by atoms with Crippen molar-refractivity contribution < 1.29 is 22.0 Å². The molecular formula is C25H21FN4O4S. The predicted molar refractivity (Wildman–Crippen MR) is 125 cm³/mol. The van der Waals surface area contributed by atoms with Gasteiger partial charge in [0, 0.05) is 29.4 Å². The second-order valence-electron chi connectivity index (χ2n) is 7.66. The van der Waals surface area contributed by atoms with Gasteiger partial charge in [-0.15, -0.1) is 0 Å². The Morgan fingerprint density at radius 3 is 2.66 bits per heavy atom. The summed E-state index contributed by atoms with van der Waals surface area (Å²) in [5.41, 5.74) is 1.97. The molecule has 0 aliphatic rings. The van der Waals surface area contributed by atoms with E-state index in [0.717, 1.165) is 18.4 Å².